The molecule has 0 fully saturated rings. The first-order valence-corrected chi connectivity index (χ1v) is 5.89. The van der Waals surface area contributed by atoms with E-state index in [2.05, 4.69) is 35.3 Å². The van der Waals surface area contributed by atoms with Gasteiger partial charge in [-0.2, -0.15) is 0 Å². The molecule has 2 heterocycles. The van der Waals surface area contributed by atoms with Crippen molar-refractivity contribution in [2.75, 3.05) is 0 Å². The Morgan fingerprint density at radius 3 is 2.77 bits per heavy atom. The third-order valence-corrected chi connectivity index (χ3v) is 4.49. The quantitative estimate of drug-likeness (QED) is 0.542. The average Bonchev–Trinajstić information content (AvgIpc) is 2.56. The molecule has 0 saturated carbocycles. The van der Waals surface area contributed by atoms with E-state index in [1.54, 1.807) is 0 Å². The average molecular weight is 232 g/mol. The van der Waals surface area contributed by atoms with Crippen molar-refractivity contribution in [2.45, 2.75) is 0 Å². The van der Waals surface area contributed by atoms with Gasteiger partial charge in [-0.05, 0) is 0 Å². The maximum absolute atomic E-state index is 4.42. The second-order valence-electron chi connectivity index (χ2n) is 2.95. The zero-order valence-electron chi connectivity index (χ0n) is 6.90. The molecule has 1 aromatic carbocycles. The Hall–Kier alpha value is -1.11. The molecule has 13 heavy (non-hydrogen) atoms. The SMILES string of the molecule is c1ccc2c(c1)[se]c1cccnc12. The molecule has 0 radical (unpaired) electrons. The Morgan fingerprint density at radius 2 is 1.77 bits per heavy atom. The standard InChI is InChI=1S/C11H7NSe/c1-2-5-9-8(4-1)11-10(13-9)6-3-7-12-11/h1-7H. The number of benzene rings is 1. The Kier molecular flexibility index (Phi) is 1.51. The van der Waals surface area contributed by atoms with Crippen molar-refractivity contribution in [3.05, 3.63) is 42.6 Å². The van der Waals surface area contributed by atoms with E-state index in [1.165, 1.54) is 19.4 Å². The molecule has 0 aliphatic carbocycles. The summed E-state index contributed by atoms with van der Waals surface area (Å²) in [5.41, 5.74) is 1.19. The van der Waals surface area contributed by atoms with Crippen LogP contribution in [0.1, 0.15) is 0 Å². The third kappa shape index (κ3) is 1.03. The number of pyridine rings is 1. The second kappa shape index (κ2) is 2.69. The molecule has 2 heteroatoms. The first kappa shape index (κ1) is 7.31. The molecular weight excluding hydrogens is 225 g/mol. The van der Waals surface area contributed by atoms with Gasteiger partial charge >= 0.3 is 81.5 Å². The van der Waals surface area contributed by atoms with Crippen LogP contribution in [-0.4, -0.2) is 19.5 Å². The van der Waals surface area contributed by atoms with Crippen LogP contribution in [0.2, 0.25) is 0 Å². The maximum atomic E-state index is 4.42. The zero-order valence-corrected chi connectivity index (χ0v) is 8.61. The van der Waals surface area contributed by atoms with Crippen LogP contribution >= 0.6 is 0 Å². The Bertz CT molecular complexity index is 518. The zero-order chi connectivity index (χ0) is 8.67. The molecule has 0 bridgehead atoms. The van der Waals surface area contributed by atoms with Gasteiger partial charge in [0, 0.05) is 0 Å². The van der Waals surface area contributed by atoms with Gasteiger partial charge in [-0.15, -0.1) is 0 Å². The van der Waals surface area contributed by atoms with E-state index >= 15 is 0 Å². The van der Waals surface area contributed by atoms with Crippen molar-refractivity contribution < 1.29 is 0 Å². The summed E-state index contributed by atoms with van der Waals surface area (Å²) in [6, 6.07) is 12.8. The van der Waals surface area contributed by atoms with E-state index < -0.39 is 0 Å². The van der Waals surface area contributed by atoms with Crippen molar-refractivity contribution in [1.29, 1.82) is 0 Å². The monoisotopic (exact) mass is 233 g/mol. The Morgan fingerprint density at radius 1 is 0.923 bits per heavy atom. The van der Waals surface area contributed by atoms with Gasteiger partial charge in [-0.3, -0.25) is 0 Å². The molecular formula is C11H7NSe. The molecule has 0 aliphatic heterocycles. The van der Waals surface area contributed by atoms with E-state index in [1.807, 2.05) is 12.3 Å². The van der Waals surface area contributed by atoms with Crippen LogP contribution < -0.4 is 0 Å². The van der Waals surface area contributed by atoms with E-state index in [0.29, 0.717) is 14.5 Å². The molecule has 0 N–H and O–H groups in total. The molecule has 0 atom stereocenters. The molecule has 0 spiro atoms. The van der Waals surface area contributed by atoms with Gasteiger partial charge in [0.25, 0.3) is 0 Å². The second-order valence-corrected chi connectivity index (χ2v) is 5.22. The minimum atomic E-state index is 0.472. The van der Waals surface area contributed by atoms with Gasteiger partial charge in [0.2, 0.25) is 0 Å². The summed E-state index contributed by atoms with van der Waals surface area (Å²) in [6.07, 6.45) is 1.87. The number of fused-ring (bicyclic) bond motifs is 3. The number of nitrogens with zero attached hydrogens (tertiary/aromatic N) is 1. The van der Waals surface area contributed by atoms with E-state index in [9.17, 15) is 0 Å². The van der Waals surface area contributed by atoms with Gasteiger partial charge in [0.1, 0.15) is 0 Å². The summed E-state index contributed by atoms with van der Waals surface area (Å²) in [4.78, 5) is 4.42. The molecule has 3 rings (SSSR count). The summed E-state index contributed by atoms with van der Waals surface area (Å²) in [5, 5.41) is 1.33. The fourth-order valence-electron chi connectivity index (χ4n) is 1.54. The Labute approximate surface area is 81.8 Å². The van der Waals surface area contributed by atoms with Crippen LogP contribution in [0.3, 0.4) is 0 Å². The molecule has 3 aromatic rings. The summed E-state index contributed by atoms with van der Waals surface area (Å²) in [7, 11) is 0. The summed E-state index contributed by atoms with van der Waals surface area (Å²) in [5.74, 6) is 0. The molecule has 0 amide bonds. The number of hydrogen-bond acceptors (Lipinski definition) is 1. The summed E-state index contributed by atoms with van der Waals surface area (Å²) in [6.45, 7) is 0. The predicted molar refractivity (Wildman–Crippen MR) is 56.2 cm³/mol. The normalized spacial score (nSPS) is 11.1. The molecule has 0 aliphatic rings. The molecule has 0 unspecified atom stereocenters. The van der Waals surface area contributed by atoms with Crippen LogP contribution in [0.4, 0.5) is 0 Å². The van der Waals surface area contributed by atoms with Crippen LogP contribution in [0.25, 0.3) is 19.4 Å². The van der Waals surface area contributed by atoms with Gasteiger partial charge in [0.05, 0.1) is 0 Å². The number of rotatable bonds is 0. The van der Waals surface area contributed by atoms with Crippen molar-refractivity contribution in [3.8, 4) is 0 Å². The predicted octanol–water partition coefficient (Wildman–Crippen LogP) is 2.44. The summed E-state index contributed by atoms with van der Waals surface area (Å²) < 4.78 is 2.87. The fourth-order valence-corrected chi connectivity index (χ4v) is 3.78. The minimum absolute atomic E-state index is 0.472. The summed E-state index contributed by atoms with van der Waals surface area (Å²) >= 11 is 0.472. The van der Waals surface area contributed by atoms with Crippen molar-refractivity contribution in [3.63, 3.8) is 0 Å². The third-order valence-electron chi connectivity index (χ3n) is 2.13. The van der Waals surface area contributed by atoms with Gasteiger partial charge in [0.15, 0.2) is 0 Å². The van der Waals surface area contributed by atoms with Crippen LogP contribution in [0.15, 0.2) is 42.6 Å². The fraction of sp³-hybridized carbons (Fsp3) is 0. The van der Waals surface area contributed by atoms with Crippen molar-refractivity contribution >= 4 is 33.9 Å². The Balaban J connectivity index is 2.64. The van der Waals surface area contributed by atoms with E-state index in [0.717, 1.165) is 0 Å². The van der Waals surface area contributed by atoms with E-state index in [-0.39, 0.29) is 0 Å². The molecule has 2 aromatic heterocycles. The topological polar surface area (TPSA) is 12.9 Å². The first-order valence-electron chi connectivity index (χ1n) is 4.17. The van der Waals surface area contributed by atoms with Gasteiger partial charge in [-0.25, -0.2) is 0 Å². The van der Waals surface area contributed by atoms with Crippen LogP contribution in [0.5, 0.6) is 0 Å². The van der Waals surface area contributed by atoms with Crippen molar-refractivity contribution in [2.24, 2.45) is 0 Å². The molecule has 1 nitrogen and oxygen atoms in total. The molecule has 62 valence electrons. The van der Waals surface area contributed by atoms with E-state index in [4.69, 9.17) is 0 Å². The van der Waals surface area contributed by atoms with Gasteiger partial charge in [-0.1, -0.05) is 0 Å². The molecule has 0 saturated heterocycles. The number of aromatic nitrogens is 1. The van der Waals surface area contributed by atoms with Crippen LogP contribution in [0, 0.1) is 0 Å². The van der Waals surface area contributed by atoms with Crippen LogP contribution in [-0.2, 0) is 0 Å². The first-order chi connectivity index (χ1) is 6.45. The van der Waals surface area contributed by atoms with Gasteiger partial charge < -0.3 is 0 Å². The van der Waals surface area contributed by atoms with Crippen molar-refractivity contribution in [1.82, 2.24) is 4.98 Å². The number of hydrogen-bond donors (Lipinski definition) is 0.